The number of amides is 1. The first-order valence-corrected chi connectivity index (χ1v) is 10.3. The van der Waals surface area contributed by atoms with E-state index in [1.165, 1.54) is 0 Å². The molecule has 156 valence electrons. The van der Waals surface area contributed by atoms with Gasteiger partial charge in [0.1, 0.15) is 17.4 Å². The maximum Gasteiger partial charge on any atom is 0.261 e. The number of allylic oxidation sites excluding steroid dienone is 2. The van der Waals surface area contributed by atoms with Crippen LogP contribution in [-0.2, 0) is 4.79 Å². The third-order valence-electron chi connectivity index (χ3n) is 5.80. The van der Waals surface area contributed by atoms with Crippen LogP contribution in [0.5, 0.6) is 0 Å². The first-order chi connectivity index (χ1) is 14.9. The zero-order chi connectivity index (χ0) is 21.6. The molecule has 0 unspecified atom stereocenters. The molecule has 1 aliphatic heterocycles. The lowest BCUT2D eigenvalue weighted by atomic mass is 9.73. The van der Waals surface area contributed by atoms with Crippen LogP contribution < -0.4 is 10.6 Å². The molecule has 0 radical (unpaired) electrons. The lowest BCUT2D eigenvalue weighted by molar-refractivity contribution is -0.118. The van der Waals surface area contributed by atoms with Crippen molar-refractivity contribution in [3.05, 3.63) is 83.5 Å². The molecule has 0 saturated heterocycles. The van der Waals surface area contributed by atoms with E-state index in [0.717, 1.165) is 23.3 Å². The second kappa shape index (κ2) is 7.19. The number of hydrogen-bond donors (Lipinski definition) is 2. The molecule has 1 aliphatic carbocycles. The summed E-state index contributed by atoms with van der Waals surface area (Å²) in [4.78, 5) is 30.3. The Labute approximate surface area is 180 Å². The molecular formula is C24H23N5O2. The van der Waals surface area contributed by atoms with Gasteiger partial charge in [0.05, 0.1) is 6.20 Å². The number of aromatic nitrogens is 3. The summed E-state index contributed by atoms with van der Waals surface area (Å²) in [5, 5.41) is 10.8. The van der Waals surface area contributed by atoms with Crippen molar-refractivity contribution >= 4 is 23.2 Å². The highest BCUT2D eigenvalue weighted by Gasteiger charge is 2.42. The first kappa shape index (κ1) is 19.2. The van der Waals surface area contributed by atoms with Crippen molar-refractivity contribution in [2.75, 3.05) is 10.6 Å². The molecule has 1 amide bonds. The molecule has 0 saturated carbocycles. The van der Waals surface area contributed by atoms with Gasteiger partial charge in [-0.05, 0) is 41.7 Å². The summed E-state index contributed by atoms with van der Waals surface area (Å²) < 4.78 is 1.74. The normalized spacial score (nSPS) is 19.3. The van der Waals surface area contributed by atoms with Crippen LogP contribution >= 0.6 is 0 Å². The van der Waals surface area contributed by atoms with E-state index in [4.69, 9.17) is 0 Å². The van der Waals surface area contributed by atoms with Gasteiger partial charge in [-0.3, -0.25) is 14.6 Å². The Balaban J connectivity index is 1.60. The molecule has 0 spiro atoms. The van der Waals surface area contributed by atoms with E-state index in [1.807, 2.05) is 42.5 Å². The van der Waals surface area contributed by atoms with Crippen molar-refractivity contribution in [3.63, 3.8) is 0 Å². The largest absolute Gasteiger partial charge is 0.343 e. The van der Waals surface area contributed by atoms with Gasteiger partial charge < -0.3 is 10.6 Å². The van der Waals surface area contributed by atoms with Crippen molar-refractivity contribution in [3.8, 4) is 0 Å². The van der Waals surface area contributed by atoms with Crippen LogP contribution in [0.4, 0.5) is 11.5 Å². The van der Waals surface area contributed by atoms with Gasteiger partial charge >= 0.3 is 0 Å². The molecule has 7 heteroatoms. The van der Waals surface area contributed by atoms with Crippen LogP contribution in [0.1, 0.15) is 48.7 Å². The van der Waals surface area contributed by atoms with Gasteiger partial charge in [0.2, 0.25) is 0 Å². The second-order valence-corrected chi connectivity index (χ2v) is 8.81. The number of nitrogens with one attached hydrogen (secondary N) is 2. The minimum atomic E-state index is -0.392. The van der Waals surface area contributed by atoms with Gasteiger partial charge in [-0.1, -0.05) is 32.0 Å². The Bertz CT molecular complexity index is 1200. The third kappa shape index (κ3) is 3.42. The van der Waals surface area contributed by atoms with Crippen LogP contribution in [0, 0.1) is 5.41 Å². The molecule has 2 N–H and O–H groups in total. The van der Waals surface area contributed by atoms with E-state index >= 15 is 0 Å². The van der Waals surface area contributed by atoms with Crippen LogP contribution in [0.2, 0.25) is 0 Å². The highest BCUT2D eigenvalue weighted by molar-refractivity contribution is 6.08. The molecule has 2 aromatic heterocycles. The summed E-state index contributed by atoms with van der Waals surface area (Å²) in [5.41, 5.74) is 3.49. The summed E-state index contributed by atoms with van der Waals surface area (Å²) in [6, 6.07) is 12.7. The number of anilines is 2. The molecule has 0 bridgehead atoms. The van der Waals surface area contributed by atoms with Crippen LogP contribution in [0.15, 0.2) is 72.3 Å². The fourth-order valence-electron chi connectivity index (χ4n) is 4.45. The molecule has 5 rings (SSSR count). The summed E-state index contributed by atoms with van der Waals surface area (Å²) in [6.07, 6.45) is 6.18. The number of benzene rings is 1. The van der Waals surface area contributed by atoms with E-state index in [9.17, 15) is 9.59 Å². The zero-order valence-electron chi connectivity index (χ0n) is 17.4. The highest BCUT2D eigenvalue weighted by atomic mass is 16.1. The number of nitrogens with zero attached hydrogens (tertiary/aromatic N) is 3. The predicted molar refractivity (Wildman–Crippen MR) is 118 cm³/mol. The maximum absolute atomic E-state index is 13.2. The van der Waals surface area contributed by atoms with Gasteiger partial charge in [-0.25, -0.2) is 4.68 Å². The quantitative estimate of drug-likeness (QED) is 0.672. The van der Waals surface area contributed by atoms with Crippen molar-refractivity contribution in [1.29, 1.82) is 0 Å². The number of ketones is 1. The van der Waals surface area contributed by atoms with Crippen molar-refractivity contribution in [1.82, 2.24) is 14.8 Å². The van der Waals surface area contributed by atoms with Crippen LogP contribution in [0.3, 0.4) is 0 Å². The average Bonchev–Trinajstić information content (AvgIpc) is 3.16. The molecule has 1 aromatic carbocycles. The first-order valence-electron chi connectivity index (χ1n) is 10.3. The van der Waals surface area contributed by atoms with E-state index in [1.54, 1.807) is 23.3 Å². The van der Waals surface area contributed by atoms with Crippen molar-refractivity contribution < 1.29 is 9.59 Å². The number of carbonyl (C=O) groups is 2. The minimum Gasteiger partial charge on any atom is -0.343 e. The topological polar surface area (TPSA) is 88.9 Å². The maximum atomic E-state index is 13.2. The zero-order valence-corrected chi connectivity index (χ0v) is 17.4. The van der Waals surface area contributed by atoms with Gasteiger partial charge in [-0.15, -0.1) is 0 Å². The number of carbonyl (C=O) groups excluding carboxylic acids is 2. The summed E-state index contributed by atoms with van der Waals surface area (Å²) in [6.45, 7) is 4.18. The average molecular weight is 413 g/mol. The van der Waals surface area contributed by atoms with E-state index in [-0.39, 0.29) is 17.1 Å². The number of para-hydroxylation sites is 1. The minimum absolute atomic E-state index is 0.108. The number of hydrogen-bond acceptors (Lipinski definition) is 5. The second-order valence-electron chi connectivity index (χ2n) is 8.81. The fraction of sp³-hybridized carbons (Fsp3) is 0.250. The van der Waals surface area contributed by atoms with Crippen molar-refractivity contribution in [2.45, 2.75) is 32.7 Å². The predicted octanol–water partition coefficient (Wildman–Crippen LogP) is 4.19. The van der Waals surface area contributed by atoms with Gasteiger partial charge in [0.15, 0.2) is 5.78 Å². The number of Topliss-reactive ketones (excluding diaryl/α,β-unsaturated/α-hetero) is 1. The summed E-state index contributed by atoms with van der Waals surface area (Å²) in [5.74, 6) is 0.454. The number of rotatable bonds is 3. The van der Waals surface area contributed by atoms with Gasteiger partial charge in [0, 0.05) is 35.8 Å². The number of fused-ring (bicyclic) bond motifs is 1. The Kier molecular flexibility index (Phi) is 4.46. The summed E-state index contributed by atoms with van der Waals surface area (Å²) >= 11 is 0. The molecule has 31 heavy (non-hydrogen) atoms. The summed E-state index contributed by atoms with van der Waals surface area (Å²) in [7, 11) is 0. The SMILES string of the molecule is CC1(C)CC(=O)C2=C(C1)Nc1c(C(=O)Nc3ccccc3)cnn1[C@H]2c1ccncc1. The molecule has 3 aromatic rings. The molecular weight excluding hydrogens is 390 g/mol. The Morgan fingerprint density at radius 1 is 1.13 bits per heavy atom. The molecule has 0 fully saturated rings. The molecule has 3 heterocycles. The van der Waals surface area contributed by atoms with E-state index in [2.05, 4.69) is 34.6 Å². The van der Waals surface area contributed by atoms with Gasteiger partial charge in [-0.2, -0.15) is 5.10 Å². The third-order valence-corrected chi connectivity index (χ3v) is 5.80. The molecule has 7 nitrogen and oxygen atoms in total. The van der Waals surface area contributed by atoms with Gasteiger partial charge in [0.25, 0.3) is 5.91 Å². The molecule has 1 atom stereocenters. The van der Waals surface area contributed by atoms with E-state index < -0.39 is 6.04 Å². The highest BCUT2D eigenvalue weighted by Crippen LogP contribution is 2.46. The monoisotopic (exact) mass is 413 g/mol. The standard InChI is InChI=1S/C24H23N5O2/c1-24(2)12-18-20(19(30)13-24)21(15-8-10-25-11-9-15)29-22(28-18)17(14-26-29)23(31)27-16-6-4-3-5-7-16/h3-11,14,21,28H,12-13H2,1-2H3,(H,27,31)/t21-/m0/s1. The Hall–Kier alpha value is -3.74. The van der Waals surface area contributed by atoms with E-state index in [0.29, 0.717) is 23.5 Å². The van der Waals surface area contributed by atoms with Crippen LogP contribution in [-0.4, -0.2) is 26.5 Å². The van der Waals surface area contributed by atoms with Crippen LogP contribution in [0.25, 0.3) is 0 Å². The number of pyridine rings is 1. The van der Waals surface area contributed by atoms with Crippen molar-refractivity contribution in [2.24, 2.45) is 5.41 Å². The smallest absolute Gasteiger partial charge is 0.261 e. The molecule has 2 aliphatic rings. The Morgan fingerprint density at radius 2 is 1.87 bits per heavy atom. The Morgan fingerprint density at radius 3 is 2.61 bits per heavy atom. The lowest BCUT2D eigenvalue weighted by Crippen LogP contribution is -2.37. The fourth-order valence-corrected chi connectivity index (χ4v) is 4.45. The lowest BCUT2D eigenvalue weighted by Gasteiger charge is -2.39.